The van der Waals surface area contributed by atoms with Crippen LogP contribution in [0.15, 0.2) is 24.3 Å². The van der Waals surface area contributed by atoms with Gasteiger partial charge in [0.05, 0.1) is 19.3 Å². The van der Waals surface area contributed by atoms with E-state index in [0.717, 1.165) is 11.3 Å². The van der Waals surface area contributed by atoms with E-state index in [1.807, 2.05) is 18.2 Å². The van der Waals surface area contributed by atoms with Gasteiger partial charge in [0.15, 0.2) is 0 Å². The van der Waals surface area contributed by atoms with Crippen LogP contribution in [-0.4, -0.2) is 19.8 Å². The molecule has 2 rings (SSSR count). The molecule has 4 heteroatoms. The van der Waals surface area contributed by atoms with Crippen molar-refractivity contribution in [3.05, 3.63) is 29.8 Å². The van der Waals surface area contributed by atoms with Crippen LogP contribution in [0.1, 0.15) is 50.6 Å². The van der Waals surface area contributed by atoms with Gasteiger partial charge in [0.1, 0.15) is 5.75 Å². The number of nitrogens with two attached hydrogens (primary N) is 1. The van der Waals surface area contributed by atoms with Crippen molar-refractivity contribution in [3.8, 4) is 5.75 Å². The highest BCUT2D eigenvalue weighted by atomic mass is 16.5. The smallest absolute Gasteiger partial charge is 0.119 e. The monoisotopic (exact) mass is 292 g/mol. The largest absolute Gasteiger partial charge is 0.497 e. The molecule has 1 fully saturated rings. The summed E-state index contributed by atoms with van der Waals surface area (Å²) in [6.45, 7) is 2.76. The van der Waals surface area contributed by atoms with E-state index in [2.05, 4.69) is 18.4 Å². The zero-order valence-corrected chi connectivity index (χ0v) is 13.2. The normalized spacial score (nSPS) is 19.2. The molecule has 0 radical (unpaired) electrons. The van der Waals surface area contributed by atoms with Gasteiger partial charge >= 0.3 is 0 Å². The maximum absolute atomic E-state index is 6.08. The minimum absolute atomic E-state index is 0.00292. The van der Waals surface area contributed by atoms with Crippen LogP contribution in [0.25, 0.3) is 0 Å². The molecular formula is C17H28N2O2. The number of benzene rings is 1. The third-order valence-electron chi connectivity index (χ3n) is 4.43. The molecule has 0 aromatic heterocycles. The number of methoxy groups -OCH3 is 1. The van der Waals surface area contributed by atoms with Crippen molar-refractivity contribution < 1.29 is 9.47 Å². The highest BCUT2D eigenvalue weighted by Crippen LogP contribution is 2.34. The molecule has 0 spiro atoms. The number of ether oxygens (including phenoxy) is 2. The van der Waals surface area contributed by atoms with Gasteiger partial charge in [-0.15, -0.1) is 0 Å². The minimum atomic E-state index is 0.00292. The van der Waals surface area contributed by atoms with Crippen LogP contribution >= 0.6 is 0 Å². The van der Waals surface area contributed by atoms with E-state index in [9.17, 15) is 0 Å². The zero-order valence-electron chi connectivity index (χ0n) is 13.2. The van der Waals surface area contributed by atoms with Crippen LogP contribution in [0, 0.1) is 5.92 Å². The average molecular weight is 292 g/mol. The summed E-state index contributed by atoms with van der Waals surface area (Å²) >= 11 is 0. The molecule has 1 aliphatic rings. The maximum Gasteiger partial charge on any atom is 0.119 e. The lowest BCUT2D eigenvalue weighted by molar-refractivity contribution is -0.0184. The Balaban J connectivity index is 2.21. The lowest BCUT2D eigenvalue weighted by Gasteiger charge is -2.35. The van der Waals surface area contributed by atoms with E-state index in [1.54, 1.807) is 7.11 Å². The number of hydrogen-bond acceptors (Lipinski definition) is 4. The van der Waals surface area contributed by atoms with Gasteiger partial charge < -0.3 is 9.47 Å². The van der Waals surface area contributed by atoms with E-state index in [4.69, 9.17) is 15.3 Å². The first-order valence-electron chi connectivity index (χ1n) is 8.01. The molecule has 4 nitrogen and oxygen atoms in total. The van der Waals surface area contributed by atoms with Crippen molar-refractivity contribution in [2.24, 2.45) is 11.8 Å². The summed E-state index contributed by atoms with van der Waals surface area (Å²) in [4.78, 5) is 0. The maximum atomic E-state index is 6.08. The Hall–Kier alpha value is -1.10. The van der Waals surface area contributed by atoms with Gasteiger partial charge in [-0.3, -0.25) is 11.3 Å². The molecule has 0 amide bonds. The van der Waals surface area contributed by atoms with Gasteiger partial charge in [-0.1, -0.05) is 31.4 Å². The van der Waals surface area contributed by atoms with Gasteiger partial charge in [0.25, 0.3) is 0 Å². The topological polar surface area (TPSA) is 56.5 Å². The molecule has 0 saturated heterocycles. The Morgan fingerprint density at radius 2 is 2.05 bits per heavy atom. The molecule has 0 aliphatic heterocycles. The van der Waals surface area contributed by atoms with E-state index >= 15 is 0 Å². The third-order valence-corrected chi connectivity index (χ3v) is 4.43. The summed E-state index contributed by atoms with van der Waals surface area (Å²) in [6, 6.07) is 8.08. The van der Waals surface area contributed by atoms with E-state index in [1.165, 1.54) is 32.1 Å². The second-order valence-electron chi connectivity index (χ2n) is 5.74. The molecule has 3 N–H and O–H groups in total. The van der Waals surface area contributed by atoms with E-state index in [0.29, 0.717) is 12.5 Å². The zero-order chi connectivity index (χ0) is 15.1. The fourth-order valence-corrected chi connectivity index (χ4v) is 3.38. The summed E-state index contributed by atoms with van der Waals surface area (Å²) < 4.78 is 11.4. The van der Waals surface area contributed by atoms with Crippen LogP contribution < -0.4 is 16.0 Å². The fourth-order valence-electron chi connectivity index (χ4n) is 3.38. The molecule has 0 bridgehead atoms. The SMILES string of the molecule is CCOC(C1CCCCC1)C(NN)c1cccc(OC)c1. The van der Waals surface area contributed by atoms with Gasteiger partial charge in [-0.05, 0) is 43.4 Å². The molecule has 2 atom stereocenters. The Bertz CT molecular complexity index is 419. The lowest BCUT2D eigenvalue weighted by atomic mass is 9.81. The van der Waals surface area contributed by atoms with Crippen LogP contribution in [0.2, 0.25) is 0 Å². The van der Waals surface area contributed by atoms with Crippen LogP contribution in [0.5, 0.6) is 5.75 Å². The minimum Gasteiger partial charge on any atom is -0.497 e. The molecule has 0 heterocycles. The molecular weight excluding hydrogens is 264 g/mol. The van der Waals surface area contributed by atoms with E-state index in [-0.39, 0.29) is 12.1 Å². The molecule has 1 saturated carbocycles. The Kier molecular flexibility index (Phi) is 6.49. The highest BCUT2D eigenvalue weighted by molar-refractivity contribution is 5.31. The van der Waals surface area contributed by atoms with Crippen molar-refractivity contribution in [3.63, 3.8) is 0 Å². The predicted octanol–water partition coefficient (Wildman–Crippen LogP) is 3.19. The first-order valence-corrected chi connectivity index (χ1v) is 8.01. The number of nitrogens with one attached hydrogen (secondary N) is 1. The summed E-state index contributed by atoms with van der Waals surface area (Å²) in [6.07, 6.45) is 6.51. The van der Waals surface area contributed by atoms with Gasteiger partial charge in [-0.2, -0.15) is 0 Å². The first-order chi connectivity index (χ1) is 10.3. The molecule has 118 valence electrons. The second-order valence-corrected chi connectivity index (χ2v) is 5.74. The standard InChI is InChI=1S/C17H28N2O2/c1-3-21-17(13-8-5-4-6-9-13)16(19-18)14-10-7-11-15(12-14)20-2/h7,10-13,16-17,19H,3-6,8-9,18H2,1-2H3. The summed E-state index contributed by atoms with van der Waals surface area (Å²) in [5.74, 6) is 7.29. The summed E-state index contributed by atoms with van der Waals surface area (Å²) in [5.41, 5.74) is 4.10. The van der Waals surface area contributed by atoms with Gasteiger partial charge in [-0.25, -0.2) is 0 Å². The van der Waals surface area contributed by atoms with Crippen molar-refractivity contribution in [1.82, 2.24) is 5.43 Å². The van der Waals surface area contributed by atoms with Crippen LogP contribution in [-0.2, 0) is 4.74 Å². The van der Waals surface area contributed by atoms with Crippen molar-refractivity contribution in [1.29, 1.82) is 0 Å². The molecule has 1 aliphatic carbocycles. The van der Waals surface area contributed by atoms with Crippen molar-refractivity contribution in [2.45, 2.75) is 51.2 Å². The Morgan fingerprint density at radius 1 is 1.29 bits per heavy atom. The quantitative estimate of drug-likeness (QED) is 0.598. The number of hydrazine groups is 1. The molecule has 1 aromatic carbocycles. The van der Waals surface area contributed by atoms with Crippen LogP contribution in [0.4, 0.5) is 0 Å². The van der Waals surface area contributed by atoms with Gasteiger partial charge in [0, 0.05) is 6.61 Å². The average Bonchev–Trinajstić information content (AvgIpc) is 2.56. The highest BCUT2D eigenvalue weighted by Gasteiger charge is 2.31. The van der Waals surface area contributed by atoms with Crippen molar-refractivity contribution in [2.75, 3.05) is 13.7 Å². The van der Waals surface area contributed by atoms with Crippen LogP contribution in [0.3, 0.4) is 0 Å². The summed E-state index contributed by atoms with van der Waals surface area (Å²) in [7, 11) is 1.69. The second kappa shape index (κ2) is 8.37. The Morgan fingerprint density at radius 3 is 2.67 bits per heavy atom. The number of hydrogen-bond donors (Lipinski definition) is 2. The Labute approximate surface area is 128 Å². The molecule has 2 unspecified atom stereocenters. The van der Waals surface area contributed by atoms with Crippen molar-refractivity contribution >= 4 is 0 Å². The molecule has 21 heavy (non-hydrogen) atoms. The lowest BCUT2D eigenvalue weighted by Crippen LogP contribution is -2.42. The van der Waals surface area contributed by atoms with E-state index < -0.39 is 0 Å². The predicted molar refractivity (Wildman–Crippen MR) is 85.0 cm³/mol. The molecule has 1 aromatic rings. The van der Waals surface area contributed by atoms with Gasteiger partial charge in [0.2, 0.25) is 0 Å². The fraction of sp³-hybridized carbons (Fsp3) is 0.647. The third kappa shape index (κ3) is 4.19. The summed E-state index contributed by atoms with van der Waals surface area (Å²) in [5, 5.41) is 0. The first kappa shape index (κ1) is 16.3. The number of rotatable bonds is 7.